The van der Waals surface area contributed by atoms with Crippen LogP contribution in [0.25, 0.3) is 44.2 Å². The van der Waals surface area contributed by atoms with Crippen molar-refractivity contribution < 1.29 is 4.42 Å². The number of benzene rings is 6. The summed E-state index contributed by atoms with van der Waals surface area (Å²) in [6, 6.07) is 52.4. The first kappa shape index (κ1) is 24.3. The highest BCUT2D eigenvalue weighted by atomic mass is 16.3. The molecule has 0 unspecified atom stereocenters. The Kier molecular flexibility index (Phi) is 6.92. The molecule has 7 aromatic rings. The van der Waals surface area contributed by atoms with E-state index in [2.05, 4.69) is 128 Å². The van der Waals surface area contributed by atoms with E-state index in [1.165, 1.54) is 38.6 Å². The molecule has 0 bridgehead atoms. The molecule has 0 aliphatic rings. The van der Waals surface area contributed by atoms with Crippen LogP contribution in [0.4, 0.5) is 11.4 Å². The van der Waals surface area contributed by atoms with E-state index in [0.29, 0.717) is 0 Å². The van der Waals surface area contributed by atoms with E-state index in [-0.39, 0.29) is 0 Å². The Hall–Kier alpha value is -5.08. The molecular formula is C37H29NO. The van der Waals surface area contributed by atoms with Gasteiger partial charge in [0.2, 0.25) is 0 Å². The maximum absolute atomic E-state index is 5.92. The number of nitrogens with one attached hydrogen (secondary N) is 1. The third kappa shape index (κ3) is 5.61. The maximum atomic E-state index is 5.92. The van der Waals surface area contributed by atoms with Crippen LogP contribution in [0.2, 0.25) is 0 Å². The summed E-state index contributed by atoms with van der Waals surface area (Å²) in [4.78, 5) is 0. The van der Waals surface area contributed by atoms with Gasteiger partial charge in [-0.2, -0.15) is 0 Å². The zero-order valence-electron chi connectivity index (χ0n) is 21.8. The predicted molar refractivity (Wildman–Crippen MR) is 165 cm³/mol. The van der Waals surface area contributed by atoms with Crippen molar-refractivity contribution in [2.75, 3.05) is 5.32 Å². The van der Waals surface area contributed by atoms with E-state index >= 15 is 0 Å². The molecule has 1 aromatic heterocycles. The molecule has 0 atom stereocenters. The molecule has 0 aliphatic carbocycles. The fourth-order valence-electron chi connectivity index (χ4n) is 4.72. The second-order valence-corrected chi connectivity index (χ2v) is 9.61. The van der Waals surface area contributed by atoms with Crippen LogP contribution >= 0.6 is 0 Å². The third-order valence-corrected chi connectivity index (χ3v) is 6.82. The van der Waals surface area contributed by atoms with Gasteiger partial charge in [-0.15, -0.1) is 0 Å². The molecule has 7 rings (SSSR count). The van der Waals surface area contributed by atoms with Crippen molar-refractivity contribution in [1.29, 1.82) is 0 Å². The van der Waals surface area contributed by atoms with E-state index in [1.807, 2.05) is 36.4 Å². The topological polar surface area (TPSA) is 25.2 Å². The van der Waals surface area contributed by atoms with Gasteiger partial charge in [0, 0.05) is 22.1 Å². The van der Waals surface area contributed by atoms with Crippen molar-refractivity contribution in [2.45, 2.75) is 6.92 Å². The smallest absolute Gasteiger partial charge is 0.135 e. The van der Waals surface area contributed by atoms with Crippen LogP contribution in [-0.2, 0) is 0 Å². The summed E-state index contributed by atoms with van der Waals surface area (Å²) in [5.41, 5.74) is 10.3. The lowest BCUT2D eigenvalue weighted by Gasteiger charge is -2.05. The first-order chi connectivity index (χ1) is 19.2. The minimum Gasteiger partial charge on any atom is -0.456 e. The van der Waals surface area contributed by atoms with Crippen molar-refractivity contribution in [3.63, 3.8) is 0 Å². The van der Waals surface area contributed by atoms with Crippen LogP contribution in [0, 0.1) is 6.92 Å². The zero-order valence-corrected chi connectivity index (χ0v) is 21.8. The SMILES string of the molecule is Cc1ccc(Nc2ccccc2)cc1.c1ccc(-c2ccc(-c3ccc4oc5ccccc5c4c3)cc2)cc1. The summed E-state index contributed by atoms with van der Waals surface area (Å²) >= 11 is 0. The number of fused-ring (bicyclic) bond motifs is 3. The Labute approximate surface area is 229 Å². The molecular weight excluding hydrogens is 474 g/mol. The lowest BCUT2D eigenvalue weighted by atomic mass is 9.99. The van der Waals surface area contributed by atoms with Crippen molar-refractivity contribution in [3.05, 3.63) is 157 Å². The van der Waals surface area contributed by atoms with Gasteiger partial charge >= 0.3 is 0 Å². The first-order valence-electron chi connectivity index (χ1n) is 13.2. The highest BCUT2D eigenvalue weighted by Gasteiger charge is 2.08. The predicted octanol–water partition coefficient (Wildman–Crippen LogP) is 10.7. The number of anilines is 2. The highest BCUT2D eigenvalue weighted by Crippen LogP contribution is 2.33. The van der Waals surface area contributed by atoms with Crippen LogP contribution in [0.15, 0.2) is 156 Å². The van der Waals surface area contributed by atoms with E-state index < -0.39 is 0 Å². The van der Waals surface area contributed by atoms with Gasteiger partial charge in [0.05, 0.1) is 0 Å². The number of furan rings is 1. The molecule has 1 heterocycles. The van der Waals surface area contributed by atoms with Gasteiger partial charge in [-0.05, 0) is 71.6 Å². The van der Waals surface area contributed by atoms with Crippen LogP contribution < -0.4 is 5.32 Å². The van der Waals surface area contributed by atoms with Gasteiger partial charge in [0.15, 0.2) is 0 Å². The van der Waals surface area contributed by atoms with Crippen LogP contribution in [-0.4, -0.2) is 0 Å². The first-order valence-corrected chi connectivity index (χ1v) is 13.2. The summed E-state index contributed by atoms with van der Waals surface area (Å²) in [6.07, 6.45) is 0. The number of aryl methyl sites for hydroxylation is 1. The van der Waals surface area contributed by atoms with E-state index in [9.17, 15) is 0 Å². The molecule has 0 fully saturated rings. The van der Waals surface area contributed by atoms with Gasteiger partial charge in [-0.25, -0.2) is 0 Å². The van der Waals surface area contributed by atoms with Crippen molar-refractivity contribution >= 4 is 33.3 Å². The number of para-hydroxylation sites is 2. The van der Waals surface area contributed by atoms with Gasteiger partial charge in [-0.3, -0.25) is 0 Å². The Morgan fingerprint density at radius 2 is 0.923 bits per heavy atom. The van der Waals surface area contributed by atoms with Crippen LogP contribution in [0.1, 0.15) is 5.56 Å². The highest BCUT2D eigenvalue weighted by molar-refractivity contribution is 6.06. The normalized spacial score (nSPS) is 10.7. The Morgan fingerprint density at radius 3 is 1.64 bits per heavy atom. The van der Waals surface area contributed by atoms with Gasteiger partial charge < -0.3 is 9.73 Å². The molecule has 6 aromatic carbocycles. The van der Waals surface area contributed by atoms with Crippen LogP contribution in [0.3, 0.4) is 0 Å². The molecule has 0 amide bonds. The number of hydrogen-bond acceptors (Lipinski definition) is 2. The third-order valence-electron chi connectivity index (χ3n) is 6.82. The second kappa shape index (κ2) is 11.1. The number of rotatable bonds is 4. The Bertz CT molecular complexity index is 1800. The summed E-state index contributed by atoms with van der Waals surface area (Å²) in [6.45, 7) is 2.09. The minimum absolute atomic E-state index is 0.936. The Morgan fingerprint density at radius 1 is 0.410 bits per heavy atom. The second-order valence-electron chi connectivity index (χ2n) is 9.61. The van der Waals surface area contributed by atoms with E-state index in [1.54, 1.807) is 0 Å². The fourth-order valence-corrected chi connectivity index (χ4v) is 4.72. The van der Waals surface area contributed by atoms with E-state index in [0.717, 1.165) is 22.5 Å². The summed E-state index contributed by atoms with van der Waals surface area (Å²) in [5, 5.41) is 5.66. The van der Waals surface area contributed by atoms with Crippen molar-refractivity contribution in [1.82, 2.24) is 0 Å². The molecule has 0 radical (unpaired) electrons. The van der Waals surface area contributed by atoms with Crippen molar-refractivity contribution in [3.8, 4) is 22.3 Å². The summed E-state index contributed by atoms with van der Waals surface area (Å²) in [5.74, 6) is 0. The van der Waals surface area contributed by atoms with Gasteiger partial charge in [-0.1, -0.05) is 115 Å². The summed E-state index contributed by atoms with van der Waals surface area (Å²) in [7, 11) is 0. The number of hydrogen-bond donors (Lipinski definition) is 1. The average Bonchev–Trinajstić information content (AvgIpc) is 3.38. The average molecular weight is 504 g/mol. The van der Waals surface area contributed by atoms with Crippen molar-refractivity contribution in [2.24, 2.45) is 0 Å². The quantitative estimate of drug-likeness (QED) is 0.258. The standard InChI is InChI=1S/C24H16O.C13H13N/c1-2-6-17(7-3-1)18-10-12-19(13-11-18)20-14-15-24-22(16-20)21-8-4-5-9-23(21)25-24;1-11-7-9-13(10-8-11)14-12-5-3-2-4-6-12/h1-16H;2-10,14H,1H3. The molecule has 0 aliphatic heterocycles. The molecule has 2 nitrogen and oxygen atoms in total. The Balaban J connectivity index is 0.000000168. The lowest BCUT2D eigenvalue weighted by Crippen LogP contribution is -1.88. The fraction of sp³-hybridized carbons (Fsp3) is 0.0270. The largest absolute Gasteiger partial charge is 0.456 e. The molecule has 0 spiro atoms. The van der Waals surface area contributed by atoms with E-state index in [4.69, 9.17) is 4.42 Å². The minimum atomic E-state index is 0.936. The lowest BCUT2D eigenvalue weighted by molar-refractivity contribution is 0.669. The molecule has 1 N–H and O–H groups in total. The van der Waals surface area contributed by atoms with Crippen LogP contribution in [0.5, 0.6) is 0 Å². The molecule has 0 saturated heterocycles. The molecule has 188 valence electrons. The maximum Gasteiger partial charge on any atom is 0.135 e. The molecule has 2 heteroatoms. The molecule has 0 saturated carbocycles. The summed E-state index contributed by atoms with van der Waals surface area (Å²) < 4.78 is 5.92. The monoisotopic (exact) mass is 503 g/mol. The van der Waals surface area contributed by atoms with Gasteiger partial charge in [0.1, 0.15) is 11.2 Å². The molecule has 39 heavy (non-hydrogen) atoms. The van der Waals surface area contributed by atoms with Gasteiger partial charge in [0.25, 0.3) is 0 Å². The zero-order chi connectivity index (χ0) is 26.4.